The quantitative estimate of drug-likeness (QED) is 0.593. The summed E-state index contributed by atoms with van der Waals surface area (Å²) in [6.07, 6.45) is 0.411. The number of aromatic nitrogens is 1. The van der Waals surface area contributed by atoms with Crippen LogP contribution in [0.5, 0.6) is 0 Å². The second kappa shape index (κ2) is 9.01. The smallest absolute Gasteiger partial charge is 0.341 e. The number of pyridine rings is 1. The van der Waals surface area contributed by atoms with Gasteiger partial charge in [0.1, 0.15) is 5.82 Å². The van der Waals surface area contributed by atoms with Crippen molar-refractivity contribution in [1.82, 2.24) is 4.98 Å². The third-order valence-corrected chi connectivity index (χ3v) is 4.06. The zero-order valence-corrected chi connectivity index (χ0v) is 15.8. The summed E-state index contributed by atoms with van der Waals surface area (Å²) in [5.74, 6) is -0.772. The minimum Gasteiger partial charge on any atom is -0.449 e. The molecule has 0 saturated carbocycles. The molecule has 7 heteroatoms. The summed E-state index contributed by atoms with van der Waals surface area (Å²) in [6.45, 7) is 1.50. The molecule has 0 bridgehead atoms. The first-order valence-corrected chi connectivity index (χ1v) is 8.95. The Bertz CT molecular complexity index is 962. The van der Waals surface area contributed by atoms with Crippen molar-refractivity contribution in [3.63, 3.8) is 0 Å². The van der Waals surface area contributed by atoms with E-state index < -0.39 is 18.0 Å². The summed E-state index contributed by atoms with van der Waals surface area (Å²) in [7, 11) is 0. The van der Waals surface area contributed by atoms with Crippen molar-refractivity contribution in [2.45, 2.75) is 13.0 Å². The first-order chi connectivity index (χ1) is 13.5. The lowest BCUT2D eigenvalue weighted by molar-refractivity contribution is -0.123. The van der Waals surface area contributed by atoms with E-state index in [0.717, 1.165) is 5.69 Å². The van der Waals surface area contributed by atoms with E-state index in [9.17, 15) is 9.59 Å². The lowest BCUT2D eigenvalue weighted by atomic mass is 10.1. The van der Waals surface area contributed by atoms with Crippen molar-refractivity contribution in [1.29, 1.82) is 0 Å². The van der Waals surface area contributed by atoms with Gasteiger partial charge in [0.2, 0.25) is 0 Å². The highest BCUT2D eigenvalue weighted by molar-refractivity contribution is 6.30. The number of benzene rings is 2. The van der Waals surface area contributed by atoms with Crippen LogP contribution in [0.1, 0.15) is 17.3 Å². The number of amides is 1. The van der Waals surface area contributed by atoms with Gasteiger partial charge in [0.15, 0.2) is 6.10 Å². The molecule has 3 rings (SSSR count). The number of hydrogen-bond acceptors (Lipinski definition) is 5. The molecule has 1 heterocycles. The average Bonchev–Trinajstić information content (AvgIpc) is 2.70. The van der Waals surface area contributed by atoms with E-state index in [0.29, 0.717) is 22.1 Å². The number of carbonyl (C=O) groups excluding carboxylic acids is 2. The Morgan fingerprint density at radius 2 is 1.71 bits per heavy atom. The highest BCUT2D eigenvalue weighted by atomic mass is 35.5. The average molecular weight is 396 g/mol. The first kappa shape index (κ1) is 19.4. The van der Waals surface area contributed by atoms with E-state index in [4.69, 9.17) is 16.3 Å². The molecule has 142 valence electrons. The predicted molar refractivity (Wildman–Crippen MR) is 109 cm³/mol. The number of rotatable bonds is 6. The summed E-state index contributed by atoms with van der Waals surface area (Å²) in [5, 5.41) is 6.21. The summed E-state index contributed by atoms with van der Waals surface area (Å²) >= 11 is 5.77. The van der Waals surface area contributed by atoms with Crippen molar-refractivity contribution in [2.24, 2.45) is 0 Å². The Morgan fingerprint density at radius 3 is 2.43 bits per heavy atom. The van der Waals surface area contributed by atoms with Crippen LogP contribution in [0.25, 0.3) is 0 Å². The summed E-state index contributed by atoms with van der Waals surface area (Å²) in [6, 6.07) is 19.6. The fourth-order valence-electron chi connectivity index (χ4n) is 2.40. The lowest BCUT2D eigenvalue weighted by Gasteiger charge is -2.15. The van der Waals surface area contributed by atoms with E-state index in [1.165, 1.54) is 13.1 Å². The van der Waals surface area contributed by atoms with Crippen LogP contribution in [0.15, 0.2) is 72.9 Å². The number of nitrogens with one attached hydrogen (secondary N) is 2. The van der Waals surface area contributed by atoms with Crippen LogP contribution < -0.4 is 10.6 Å². The van der Waals surface area contributed by atoms with Crippen molar-refractivity contribution in [3.8, 4) is 0 Å². The Labute approximate surface area is 167 Å². The molecule has 2 aromatic carbocycles. The molecule has 0 fully saturated rings. The van der Waals surface area contributed by atoms with Gasteiger partial charge in [0, 0.05) is 11.9 Å². The molecular weight excluding hydrogens is 378 g/mol. The third kappa shape index (κ3) is 5.08. The van der Waals surface area contributed by atoms with Gasteiger partial charge in [-0.15, -0.1) is 0 Å². The van der Waals surface area contributed by atoms with Crippen LogP contribution in [-0.2, 0) is 9.53 Å². The second-order valence-electron chi connectivity index (χ2n) is 5.94. The minimum absolute atomic E-state index is 0.323. The van der Waals surface area contributed by atoms with E-state index in [1.807, 2.05) is 36.4 Å². The third-order valence-electron chi connectivity index (χ3n) is 3.83. The van der Waals surface area contributed by atoms with Crippen molar-refractivity contribution in [3.05, 3.63) is 83.5 Å². The van der Waals surface area contributed by atoms with Crippen molar-refractivity contribution >= 4 is 40.7 Å². The second-order valence-corrected chi connectivity index (χ2v) is 6.37. The number of nitrogens with zero attached hydrogens (tertiary/aromatic N) is 1. The van der Waals surface area contributed by atoms with Gasteiger partial charge in [-0.25, -0.2) is 9.78 Å². The number of halogens is 1. The topological polar surface area (TPSA) is 80.3 Å². The van der Waals surface area contributed by atoms with E-state index in [-0.39, 0.29) is 0 Å². The minimum atomic E-state index is -1.00. The van der Waals surface area contributed by atoms with Crippen LogP contribution in [0.4, 0.5) is 17.2 Å². The number of ether oxygens (including phenoxy) is 1. The van der Waals surface area contributed by atoms with Crippen molar-refractivity contribution in [2.75, 3.05) is 10.6 Å². The lowest BCUT2D eigenvalue weighted by Crippen LogP contribution is -2.30. The molecule has 28 heavy (non-hydrogen) atoms. The zero-order valence-electron chi connectivity index (χ0n) is 15.1. The molecule has 0 radical (unpaired) electrons. The molecular formula is C21H18ClN3O3. The van der Waals surface area contributed by atoms with Gasteiger partial charge in [-0.3, -0.25) is 4.79 Å². The standard InChI is InChI=1S/C21H18ClN3O3/c1-14(20(26)25-19-12-11-15(22)13-23-19)28-21(27)17-9-5-6-10-18(17)24-16-7-3-2-4-8-16/h2-14,24H,1H3,(H,23,25,26)/t14-/m0/s1. The molecule has 1 aromatic heterocycles. The maximum Gasteiger partial charge on any atom is 0.341 e. The normalized spacial score (nSPS) is 11.4. The highest BCUT2D eigenvalue weighted by Gasteiger charge is 2.21. The van der Waals surface area contributed by atoms with Crippen LogP contribution in [0.2, 0.25) is 5.02 Å². The number of anilines is 3. The van der Waals surface area contributed by atoms with Crippen LogP contribution in [0.3, 0.4) is 0 Å². The van der Waals surface area contributed by atoms with Gasteiger partial charge in [-0.05, 0) is 43.3 Å². The molecule has 0 aliphatic carbocycles. The fraction of sp³-hybridized carbons (Fsp3) is 0.0952. The fourth-order valence-corrected chi connectivity index (χ4v) is 2.51. The number of hydrogen-bond donors (Lipinski definition) is 2. The number of carbonyl (C=O) groups is 2. The largest absolute Gasteiger partial charge is 0.449 e. The van der Waals surface area contributed by atoms with Crippen LogP contribution in [-0.4, -0.2) is 23.0 Å². The number of para-hydroxylation sites is 2. The molecule has 0 aliphatic rings. The van der Waals surface area contributed by atoms with E-state index in [2.05, 4.69) is 15.6 Å². The van der Waals surface area contributed by atoms with Crippen molar-refractivity contribution < 1.29 is 14.3 Å². The Hall–Kier alpha value is -3.38. The molecule has 3 aromatic rings. The molecule has 0 unspecified atom stereocenters. The van der Waals surface area contributed by atoms with Gasteiger partial charge in [-0.1, -0.05) is 41.9 Å². The molecule has 2 N–H and O–H groups in total. The maximum atomic E-state index is 12.6. The van der Waals surface area contributed by atoms with Crippen LogP contribution >= 0.6 is 11.6 Å². The number of esters is 1. The van der Waals surface area contributed by atoms with Gasteiger partial charge in [0.05, 0.1) is 16.3 Å². The monoisotopic (exact) mass is 395 g/mol. The molecule has 0 saturated heterocycles. The van der Waals surface area contributed by atoms with Crippen LogP contribution in [0, 0.1) is 0 Å². The SMILES string of the molecule is C[C@H](OC(=O)c1ccccc1Nc1ccccc1)C(=O)Nc1ccc(Cl)cn1. The maximum absolute atomic E-state index is 12.6. The molecule has 0 spiro atoms. The molecule has 0 aliphatic heterocycles. The highest BCUT2D eigenvalue weighted by Crippen LogP contribution is 2.22. The molecule has 6 nitrogen and oxygen atoms in total. The molecule has 1 atom stereocenters. The van der Waals surface area contributed by atoms with Gasteiger partial charge < -0.3 is 15.4 Å². The van der Waals surface area contributed by atoms with Gasteiger partial charge in [0.25, 0.3) is 5.91 Å². The van der Waals surface area contributed by atoms with Gasteiger partial charge in [-0.2, -0.15) is 0 Å². The van der Waals surface area contributed by atoms with Gasteiger partial charge >= 0.3 is 5.97 Å². The summed E-state index contributed by atoms with van der Waals surface area (Å²) < 4.78 is 5.33. The summed E-state index contributed by atoms with van der Waals surface area (Å²) in [4.78, 5) is 28.8. The summed E-state index contributed by atoms with van der Waals surface area (Å²) in [5.41, 5.74) is 1.75. The van der Waals surface area contributed by atoms with E-state index >= 15 is 0 Å². The predicted octanol–water partition coefficient (Wildman–Crippen LogP) is 4.66. The Morgan fingerprint density at radius 1 is 1.00 bits per heavy atom. The Balaban J connectivity index is 1.67. The molecule has 1 amide bonds. The first-order valence-electron chi connectivity index (χ1n) is 8.57. The zero-order chi connectivity index (χ0) is 19.9. The Kier molecular flexibility index (Phi) is 6.24. The van der Waals surface area contributed by atoms with E-state index in [1.54, 1.807) is 30.3 Å².